The van der Waals surface area contributed by atoms with Crippen molar-refractivity contribution in [3.05, 3.63) is 17.2 Å². The van der Waals surface area contributed by atoms with Gasteiger partial charge in [0.05, 0.1) is 5.69 Å². The quantitative estimate of drug-likeness (QED) is 0.670. The summed E-state index contributed by atoms with van der Waals surface area (Å²) in [6, 6.07) is 0. The Hall–Kier alpha value is -1.32. The van der Waals surface area contributed by atoms with E-state index in [4.69, 9.17) is 0 Å². The van der Waals surface area contributed by atoms with Gasteiger partial charge in [-0.3, -0.25) is 4.79 Å². The van der Waals surface area contributed by atoms with Gasteiger partial charge in [0.25, 0.3) is 5.91 Å². The second-order valence-corrected chi connectivity index (χ2v) is 3.60. The summed E-state index contributed by atoms with van der Waals surface area (Å²) in [5.41, 5.74) is 1.56. The normalized spacial score (nSPS) is 15.8. The van der Waals surface area contributed by atoms with Crippen LogP contribution >= 0.6 is 0 Å². The van der Waals surface area contributed by atoms with Crippen molar-refractivity contribution < 1.29 is 4.79 Å². The molecule has 13 heavy (non-hydrogen) atoms. The monoisotopic (exact) mass is 179 g/mol. The lowest BCUT2D eigenvalue weighted by Crippen LogP contribution is -2.31. The molecule has 0 aliphatic carbocycles. The molecule has 70 valence electrons. The van der Waals surface area contributed by atoms with Crippen LogP contribution in [0.25, 0.3) is 0 Å². The van der Waals surface area contributed by atoms with Crippen LogP contribution < -0.4 is 5.32 Å². The van der Waals surface area contributed by atoms with Crippen LogP contribution in [-0.4, -0.2) is 22.4 Å². The van der Waals surface area contributed by atoms with Crippen molar-refractivity contribution in [1.29, 1.82) is 0 Å². The van der Waals surface area contributed by atoms with Gasteiger partial charge in [0.15, 0.2) is 0 Å². The molecule has 1 aliphatic heterocycles. The van der Waals surface area contributed by atoms with E-state index in [1.54, 1.807) is 0 Å². The number of H-pyrrole nitrogens is 1. The number of carbonyl (C=O) groups excluding carboxylic acids is 1. The number of aromatic amines is 1. The van der Waals surface area contributed by atoms with Gasteiger partial charge in [-0.1, -0.05) is 13.8 Å². The number of amides is 1. The average Bonchev–Trinajstić information content (AvgIpc) is 2.49. The largest absolute Gasteiger partial charge is 0.350 e. The first-order valence-corrected chi connectivity index (χ1v) is 4.55. The highest BCUT2D eigenvalue weighted by Crippen LogP contribution is 2.16. The van der Waals surface area contributed by atoms with E-state index in [9.17, 15) is 4.79 Å². The maximum absolute atomic E-state index is 11.3. The van der Waals surface area contributed by atoms with Crippen LogP contribution in [-0.2, 0) is 6.42 Å². The van der Waals surface area contributed by atoms with Gasteiger partial charge in [-0.25, -0.2) is 4.98 Å². The highest BCUT2D eigenvalue weighted by Gasteiger charge is 2.21. The first-order valence-electron chi connectivity index (χ1n) is 4.55. The highest BCUT2D eigenvalue weighted by molar-refractivity contribution is 5.94. The number of aromatic nitrogens is 2. The number of rotatable bonds is 1. The number of carbonyl (C=O) groups is 1. The van der Waals surface area contributed by atoms with E-state index in [-0.39, 0.29) is 5.91 Å². The molecule has 0 atom stereocenters. The molecular weight excluding hydrogens is 166 g/mol. The zero-order valence-electron chi connectivity index (χ0n) is 7.85. The van der Waals surface area contributed by atoms with Crippen molar-refractivity contribution in [2.24, 2.45) is 0 Å². The molecule has 1 amide bonds. The third-order valence-corrected chi connectivity index (χ3v) is 2.22. The molecule has 2 N–H and O–H groups in total. The van der Waals surface area contributed by atoms with Gasteiger partial charge in [-0.15, -0.1) is 0 Å². The molecule has 4 heteroatoms. The fraction of sp³-hybridized carbons (Fsp3) is 0.556. The Balaban J connectivity index is 2.42. The van der Waals surface area contributed by atoms with E-state index in [1.165, 1.54) is 0 Å². The standard InChI is InChI=1S/C9H13N3O/c1-5(2)8-11-6-3-4-10-9(13)7(6)12-8/h5H,3-4H2,1-2H3,(H,10,13)(H,11,12). The topological polar surface area (TPSA) is 57.8 Å². The molecule has 0 bridgehead atoms. The predicted octanol–water partition coefficient (Wildman–Crippen LogP) is 0.819. The Morgan fingerprint density at radius 3 is 2.85 bits per heavy atom. The van der Waals surface area contributed by atoms with E-state index >= 15 is 0 Å². The number of nitrogens with one attached hydrogen (secondary N) is 2. The fourth-order valence-electron chi connectivity index (χ4n) is 1.45. The molecule has 0 radical (unpaired) electrons. The second kappa shape index (κ2) is 2.87. The van der Waals surface area contributed by atoms with Gasteiger partial charge in [-0.05, 0) is 0 Å². The number of hydrogen-bond acceptors (Lipinski definition) is 2. The van der Waals surface area contributed by atoms with E-state index in [1.807, 2.05) is 0 Å². The lowest BCUT2D eigenvalue weighted by molar-refractivity contribution is 0.0941. The smallest absolute Gasteiger partial charge is 0.269 e. The van der Waals surface area contributed by atoms with Crippen LogP contribution in [0.3, 0.4) is 0 Å². The summed E-state index contributed by atoms with van der Waals surface area (Å²) < 4.78 is 0. The Kier molecular flexibility index (Phi) is 1.83. The SMILES string of the molecule is CC(C)c1nc2c([nH]1)C(=O)NCC2. The fourth-order valence-corrected chi connectivity index (χ4v) is 1.45. The summed E-state index contributed by atoms with van der Waals surface area (Å²) in [5, 5.41) is 2.78. The summed E-state index contributed by atoms with van der Waals surface area (Å²) >= 11 is 0. The van der Waals surface area contributed by atoms with E-state index in [0.717, 1.165) is 17.9 Å². The molecule has 0 saturated heterocycles. The van der Waals surface area contributed by atoms with E-state index in [2.05, 4.69) is 29.1 Å². The van der Waals surface area contributed by atoms with Gasteiger partial charge < -0.3 is 10.3 Å². The number of hydrogen-bond donors (Lipinski definition) is 2. The van der Waals surface area contributed by atoms with Crippen molar-refractivity contribution in [3.63, 3.8) is 0 Å². The van der Waals surface area contributed by atoms with Gasteiger partial charge >= 0.3 is 0 Å². The highest BCUT2D eigenvalue weighted by atomic mass is 16.1. The summed E-state index contributed by atoms with van der Waals surface area (Å²) in [7, 11) is 0. The van der Waals surface area contributed by atoms with Gasteiger partial charge in [-0.2, -0.15) is 0 Å². The molecule has 0 unspecified atom stereocenters. The van der Waals surface area contributed by atoms with Crippen molar-refractivity contribution in [2.45, 2.75) is 26.2 Å². The first kappa shape index (κ1) is 8.29. The van der Waals surface area contributed by atoms with Crippen LogP contribution in [0.2, 0.25) is 0 Å². The van der Waals surface area contributed by atoms with E-state index < -0.39 is 0 Å². The Morgan fingerprint density at radius 1 is 1.46 bits per heavy atom. The van der Waals surface area contributed by atoms with Crippen LogP contribution in [0.1, 0.15) is 41.8 Å². The summed E-state index contributed by atoms with van der Waals surface area (Å²) in [4.78, 5) is 18.8. The average molecular weight is 179 g/mol. The molecular formula is C9H13N3O. The maximum atomic E-state index is 11.3. The number of imidazole rings is 1. The lowest BCUT2D eigenvalue weighted by Gasteiger charge is -2.09. The molecule has 0 saturated carbocycles. The summed E-state index contributed by atoms with van der Waals surface area (Å²) in [6.45, 7) is 4.82. The van der Waals surface area contributed by atoms with Gasteiger partial charge in [0.1, 0.15) is 11.5 Å². The number of fused-ring (bicyclic) bond motifs is 1. The second-order valence-electron chi connectivity index (χ2n) is 3.60. The van der Waals surface area contributed by atoms with Gasteiger partial charge in [0, 0.05) is 18.9 Å². The molecule has 1 aromatic heterocycles. The summed E-state index contributed by atoms with van der Waals surface area (Å²) in [6.07, 6.45) is 0.838. The number of nitrogens with zero attached hydrogens (tertiary/aromatic N) is 1. The van der Waals surface area contributed by atoms with Crippen LogP contribution in [0.15, 0.2) is 0 Å². The minimum atomic E-state index is -0.0272. The van der Waals surface area contributed by atoms with Crippen molar-refractivity contribution in [3.8, 4) is 0 Å². The minimum absolute atomic E-state index is 0.0272. The molecule has 4 nitrogen and oxygen atoms in total. The van der Waals surface area contributed by atoms with Crippen LogP contribution in [0.5, 0.6) is 0 Å². The third-order valence-electron chi connectivity index (χ3n) is 2.22. The Morgan fingerprint density at radius 2 is 2.23 bits per heavy atom. The van der Waals surface area contributed by atoms with Crippen LogP contribution in [0.4, 0.5) is 0 Å². The van der Waals surface area contributed by atoms with Crippen molar-refractivity contribution >= 4 is 5.91 Å². The third kappa shape index (κ3) is 1.32. The first-order chi connectivity index (χ1) is 6.18. The predicted molar refractivity (Wildman–Crippen MR) is 48.7 cm³/mol. The van der Waals surface area contributed by atoms with Crippen molar-refractivity contribution in [2.75, 3.05) is 6.54 Å². The molecule has 0 spiro atoms. The molecule has 1 aliphatic rings. The minimum Gasteiger partial charge on any atom is -0.350 e. The summed E-state index contributed by atoms with van der Waals surface area (Å²) in [5.74, 6) is 1.22. The lowest BCUT2D eigenvalue weighted by atomic mass is 10.2. The van der Waals surface area contributed by atoms with E-state index in [0.29, 0.717) is 18.2 Å². The molecule has 2 rings (SSSR count). The molecule has 2 heterocycles. The maximum Gasteiger partial charge on any atom is 0.269 e. The zero-order valence-corrected chi connectivity index (χ0v) is 7.85. The van der Waals surface area contributed by atoms with Crippen LogP contribution in [0, 0.1) is 0 Å². The Labute approximate surface area is 76.8 Å². The zero-order chi connectivity index (χ0) is 9.42. The van der Waals surface area contributed by atoms with Crippen molar-refractivity contribution in [1.82, 2.24) is 15.3 Å². The Bertz CT molecular complexity index is 341. The molecule has 0 aromatic carbocycles. The molecule has 1 aromatic rings. The van der Waals surface area contributed by atoms with Gasteiger partial charge in [0.2, 0.25) is 0 Å². The molecule has 0 fully saturated rings.